The van der Waals surface area contributed by atoms with E-state index in [0.29, 0.717) is 5.02 Å². The van der Waals surface area contributed by atoms with Gasteiger partial charge in [-0.3, -0.25) is 4.98 Å². The van der Waals surface area contributed by atoms with Crippen molar-refractivity contribution in [3.8, 4) is 0 Å². The number of nitrogens with zero attached hydrogens (tertiary/aromatic N) is 1. The van der Waals surface area contributed by atoms with Gasteiger partial charge in [-0.2, -0.15) is 0 Å². The Bertz CT molecular complexity index is 766. The quantitative estimate of drug-likeness (QED) is 0.768. The average Bonchev–Trinajstić information content (AvgIpc) is 2.47. The standard InChI is InChI=1S/C17H15ClN2/c1-17(19,14-7-3-4-8-15(14)18)13-10-12-6-2-5-9-16(12)20-11-13/h2-11H,19H2,1H3. The molecule has 20 heavy (non-hydrogen) atoms. The third-order valence-corrected chi connectivity index (χ3v) is 3.95. The van der Waals surface area contributed by atoms with Gasteiger partial charge in [0.05, 0.1) is 11.1 Å². The summed E-state index contributed by atoms with van der Waals surface area (Å²) in [5, 5.41) is 1.75. The summed E-state index contributed by atoms with van der Waals surface area (Å²) < 4.78 is 0. The molecule has 2 aromatic carbocycles. The third kappa shape index (κ3) is 2.17. The summed E-state index contributed by atoms with van der Waals surface area (Å²) in [5.74, 6) is 0. The molecule has 3 rings (SSSR count). The highest BCUT2D eigenvalue weighted by atomic mass is 35.5. The van der Waals surface area contributed by atoms with E-state index < -0.39 is 5.54 Å². The van der Waals surface area contributed by atoms with Gasteiger partial charge >= 0.3 is 0 Å². The molecule has 0 spiro atoms. The van der Waals surface area contributed by atoms with Crippen LogP contribution in [0.4, 0.5) is 0 Å². The van der Waals surface area contributed by atoms with E-state index in [9.17, 15) is 0 Å². The molecule has 2 N–H and O–H groups in total. The van der Waals surface area contributed by atoms with Gasteiger partial charge in [-0.15, -0.1) is 0 Å². The number of halogens is 1. The van der Waals surface area contributed by atoms with Gasteiger partial charge in [0.25, 0.3) is 0 Å². The van der Waals surface area contributed by atoms with Crippen LogP contribution in [-0.2, 0) is 5.54 Å². The van der Waals surface area contributed by atoms with Gasteiger partial charge in [0.15, 0.2) is 0 Å². The van der Waals surface area contributed by atoms with Crippen LogP contribution in [0.3, 0.4) is 0 Å². The molecule has 0 saturated carbocycles. The first kappa shape index (κ1) is 13.1. The fourth-order valence-corrected chi connectivity index (χ4v) is 2.72. The van der Waals surface area contributed by atoms with Crippen LogP contribution in [0.5, 0.6) is 0 Å². The minimum Gasteiger partial charge on any atom is -0.318 e. The Labute approximate surface area is 123 Å². The summed E-state index contributed by atoms with van der Waals surface area (Å²) in [5.41, 5.74) is 8.67. The van der Waals surface area contributed by atoms with Crippen LogP contribution in [0.15, 0.2) is 60.8 Å². The summed E-state index contributed by atoms with van der Waals surface area (Å²) in [7, 11) is 0. The summed E-state index contributed by atoms with van der Waals surface area (Å²) in [6.45, 7) is 1.96. The summed E-state index contributed by atoms with van der Waals surface area (Å²) in [4.78, 5) is 4.48. The highest BCUT2D eigenvalue weighted by Gasteiger charge is 2.26. The molecule has 0 aliphatic heterocycles. The molecule has 0 saturated heterocycles. The Morgan fingerprint density at radius 1 is 1.05 bits per heavy atom. The Balaban J connectivity index is 2.16. The fourth-order valence-electron chi connectivity index (χ4n) is 2.39. The lowest BCUT2D eigenvalue weighted by Crippen LogP contribution is -2.34. The maximum Gasteiger partial charge on any atom is 0.0702 e. The Morgan fingerprint density at radius 2 is 1.75 bits per heavy atom. The van der Waals surface area contributed by atoms with E-state index in [-0.39, 0.29) is 0 Å². The van der Waals surface area contributed by atoms with Crippen LogP contribution in [0, 0.1) is 0 Å². The van der Waals surface area contributed by atoms with Crippen LogP contribution >= 0.6 is 11.6 Å². The van der Waals surface area contributed by atoms with Gasteiger partial charge in [0, 0.05) is 16.6 Å². The fraction of sp³-hybridized carbons (Fsp3) is 0.118. The molecular weight excluding hydrogens is 268 g/mol. The predicted molar refractivity (Wildman–Crippen MR) is 83.8 cm³/mol. The molecule has 3 heteroatoms. The molecule has 3 aromatic rings. The van der Waals surface area contributed by atoms with Crippen molar-refractivity contribution in [3.05, 3.63) is 76.9 Å². The molecular formula is C17H15ClN2. The number of rotatable bonds is 2. The van der Waals surface area contributed by atoms with Crippen molar-refractivity contribution in [3.63, 3.8) is 0 Å². The van der Waals surface area contributed by atoms with E-state index in [2.05, 4.69) is 11.1 Å². The van der Waals surface area contributed by atoms with Crippen LogP contribution in [0.25, 0.3) is 10.9 Å². The number of pyridine rings is 1. The normalized spacial score (nSPS) is 14.2. The van der Waals surface area contributed by atoms with Gasteiger partial charge < -0.3 is 5.73 Å². The number of fused-ring (bicyclic) bond motifs is 1. The van der Waals surface area contributed by atoms with Crippen LogP contribution in [0.1, 0.15) is 18.1 Å². The summed E-state index contributed by atoms with van der Waals surface area (Å²) in [6.07, 6.45) is 1.83. The first-order chi connectivity index (χ1) is 9.59. The molecule has 0 fully saturated rings. The lowest BCUT2D eigenvalue weighted by Gasteiger charge is -2.26. The van der Waals surface area contributed by atoms with Gasteiger partial charge in [-0.25, -0.2) is 0 Å². The summed E-state index contributed by atoms with van der Waals surface area (Å²) in [6, 6.07) is 17.7. The van der Waals surface area contributed by atoms with Crippen molar-refractivity contribution >= 4 is 22.5 Å². The number of benzene rings is 2. The summed E-state index contributed by atoms with van der Waals surface area (Å²) >= 11 is 6.28. The Morgan fingerprint density at radius 3 is 2.55 bits per heavy atom. The zero-order valence-corrected chi connectivity index (χ0v) is 11.9. The minimum absolute atomic E-state index is 0.671. The molecule has 1 atom stereocenters. The molecule has 1 heterocycles. The minimum atomic E-state index is -0.671. The largest absolute Gasteiger partial charge is 0.318 e. The van der Waals surface area contributed by atoms with Crippen LogP contribution in [0.2, 0.25) is 5.02 Å². The van der Waals surface area contributed by atoms with Crippen molar-refractivity contribution in [1.82, 2.24) is 4.98 Å². The lowest BCUT2D eigenvalue weighted by molar-refractivity contribution is 0.602. The number of aromatic nitrogens is 1. The maximum atomic E-state index is 6.53. The zero-order chi connectivity index (χ0) is 14.2. The average molecular weight is 283 g/mol. The van der Waals surface area contributed by atoms with E-state index in [1.165, 1.54) is 0 Å². The van der Waals surface area contributed by atoms with Crippen molar-refractivity contribution < 1.29 is 0 Å². The zero-order valence-electron chi connectivity index (χ0n) is 11.2. The van der Waals surface area contributed by atoms with Crippen molar-refractivity contribution in [2.45, 2.75) is 12.5 Å². The SMILES string of the molecule is CC(N)(c1cnc2ccccc2c1)c1ccccc1Cl. The van der Waals surface area contributed by atoms with Gasteiger partial charge in [0.1, 0.15) is 0 Å². The molecule has 0 aliphatic rings. The number of hydrogen-bond acceptors (Lipinski definition) is 2. The van der Waals surface area contributed by atoms with Crippen LogP contribution in [-0.4, -0.2) is 4.98 Å². The van der Waals surface area contributed by atoms with E-state index in [4.69, 9.17) is 17.3 Å². The number of nitrogens with two attached hydrogens (primary N) is 1. The molecule has 1 aromatic heterocycles. The molecule has 0 radical (unpaired) electrons. The predicted octanol–water partition coefficient (Wildman–Crippen LogP) is 4.11. The monoisotopic (exact) mass is 282 g/mol. The van der Waals surface area contributed by atoms with Gasteiger partial charge in [-0.05, 0) is 36.2 Å². The lowest BCUT2D eigenvalue weighted by atomic mass is 9.86. The first-order valence-corrected chi connectivity index (χ1v) is 6.86. The number of para-hydroxylation sites is 1. The third-order valence-electron chi connectivity index (χ3n) is 3.62. The molecule has 1 unspecified atom stereocenters. The van der Waals surface area contributed by atoms with E-state index in [0.717, 1.165) is 22.0 Å². The highest BCUT2D eigenvalue weighted by molar-refractivity contribution is 6.31. The van der Waals surface area contributed by atoms with Gasteiger partial charge in [-0.1, -0.05) is 48.0 Å². The first-order valence-electron chi connectivity index (χ1n) is 6.48. The second-order valence-corrected chi connectivity index (χ2v) is 5.51. The second-order valence-electron chi connectivity index (χ2n) is 5.10. The molecule has 0 aliphatic carbocycles. The van der Waals surface area contributed by atoms with Crippen molar-refractivity contribution in [2.24, 2.45) is 5.73 Å². The maximum absolute atomic E-state index is 6.53. The van der Waals surface area contributed by atoms with Gasteiger partial charge in [0.2, 0.25) is 0 Å². The van der Waals surface area contributed by atoms with E-state index >= 15 is 0 Å². The second kappa shape index (κ2) is 4.89. The smallest absolute Gasteiger partial charge is 0.0702 e. The van der Waals surface area contributed by atoms with Crippen molar-refractivity contribution in [2.75, 3.05) is 0 Å². The Hall–Kier alpha value is -1.90. The van der Waals surface area contributed by atoms with Crippen molar-refractivity contribution in [1.29, 1.82) is 0 Å². The number of hydrogen-bond donors (Lipinski definition) is 1. The molecule has 0 amide bonds. The molecule has 100 valence electrons. The highest BCUT2D eigenvalue weighted by Crippen LogP contribution is 2.32. The Kier molecular flexibility index (Phi) is 3.20. The van der Waals surface area contributed by atoms with E-state index in [1.807, 2.05) is 61.7 Å². The van der Waals surface area contributed by atoms with E-state index in [1.54, 1.807) is 0 Å². The topological polar surface area (TPSA) is 38.9 Å². The molecule has 0 bridgehead atoms. The molecule has 2 nitrogen and oxygen atoms in total. The van der Waals surface area contributed by atoms with Crippen LogP contribution < -0.4 is 5.73 Å².